The van der Waals surface area contributed by atoms with Crippen LogP contribution in [0.3, 0.4) is 0 Å². The minimum absolute atomic E-state index is 0.00980. The highest BCUT2D eigenvalue weighted by molar-refractivity contribution is 5.91. The molecule has 1 amide bonds. The summed E-state index contributed by atoms with van der Waals surface area (Å²) in [7, 11) is 0. The minimum Gasteiger partial charge on any atom is -0.326 e. The average Bonchev–Trinajstić information content (AvgIpc) is 2.63. The lowest BCUT2D eigenvalue weighted by molar-refractivity contribution is -0.116. The van der Waals surface area contributed by atoms with Gasteiger partial charge in [0, 0.05) is 41.9 Å². The topological polar surface area (TPSA) is 79.8 Å². The zero-order valence-corrected chi connectivity index (χ0v) is 13.9. The maximum absolute atomic E-state index is 11.7. The number of amides is 1. The molecule has 3 rings (SSSR count). The number of anilines is 3. The smallest absolute Gasteiger partial charge is 0.227 e. The third-order valence-corrected chi connectivity index (χ3v) is 3.51. The van der Waals surface area contributed by atoms with E-state index in [-0.39, 0.29) is 5.91 Å². The lowest BCUT2D eigenvalue weighted by atomic mass is 10.2. The van der Waals surface area contributed by atoms with Crippen LogP contribution in [0.25, 0.3) is 11.3 Å². The van der Waals surface area contributed by atoms with Gasteiger partial charge >= 0.3 is 0 Å². The van der Waals surface area contributed by atoms with E-state index < -0.39 is 0 Å². The Kier molecular flexibility index (Phi) is 5.31. The largest absolute Gasteiger partial charge is 0.326 e. The van der Waals surface area contributed by atoms with E-state index in [1.165, 1.54) is 0 Å². The summed E-state index contributed by atoms with van der Waals surface area (Å²) in [6.07, 6.45) is 6.49. The summed E-state index contributed by atoms with van der Waals surface area (Å²) in [5.41, 5.74) is 3.34. The fourth-order valence-corrected chi connectivity index (χ4v) is 2.36. The molecule has 0 bridgehead atoms. The highest BCUT2D eigenvalue weighted by Gasteiger charge is 2.05. The van der Waals surface area contributed by atoms with Crippen molar-refractivity contribution in [3.8, 4) is 11.3 Å². The molecular formula is C19H19N5O. The van der Waals surface area contributed by atoms with Crippen LogP contribution < -0.4 is 10.6 Å². The molecular weight excluding hydrogens is 314 g/mol. The number of nitrogens with one attached hydrogen (secondary N) is 2. The number of nitrogens with zero attached hydrogens (tertiary/aromatic N) is 3. The van der Waals surface area contributed by atoms with E-state index in [9.17, 15) is 4.79 Å². The van der Waals surface area contributed by atoms with Gasteiger partial charge in [0.25, 0.3) is 0 Å². The van der Waals surface area contributed by atoms with Crippen molar-refractivity contribution in [2.45, 2.75) is 19.8 Å². The first-order valence-corrected chi connectivity index (χ1v) is 8.15. The van der Waals surface area contributed by atoms with Gasteiger partial charge in [-0.1, -0.05) is 13.0 Å². The van der Waals surface area contributed by atoms with Gasteiger partial charge in [-0.25, -0.2) is 9.97 Å². The monoisotopic (exact) mass is 333 g/mol. The molecule has 0 atom stereocenters. The maximum Gasteiger partial charge on any atom is 0.227 e. The summed E-state index contributed by atoms with van der Waals surface area (Å²) in [5.74, 6) is 0.502. The van der Waals surface area contributed by atoms with E-state index in [1.807, 2.05) is 49.4 Å². The molecule has 1 aromatic carbocycles. The van der Waals surface area contributed by atoms with Crippen molar-refractivity contribution in [3.63, 3.8) is 0 Å². The van der Waals surface area contributed by atoms with Gasteiger partial charge in [0.15, 0.2) is 0 Å². The molecule has 0 unspecified atom stereocenters. The van der Waals surface area contributed by atoms with Crippen LogP contribution in [0.5, 0.6) is 0 Å². The van der Waals surface area contributed by atoms with Gasteiger partial charge < -0.3 is 10.6 Å². The molecule has 2 heterocycles. The van der Waals surface area contributed by atoms with Crippen molar-refractivity contribution < 1.29 is 4.79 Å². The van der Waals surface area contributed by atoms with E-state index in [4.69, 9.17) is 0 Å². The summed E-state index contributed by atoms with van der Waals surface area (Å²) in [6, 6.07) is 13.1. The van der Waals surface area contributed by atoms with E-state index in [0.717, 1.165) is 29.1 Å². The van der Waals surface area contributed by atoms with Crippen molar-refractivity contribution >= 4 is 23.2 Å². The molecule has 0 fully saturated rings. The Balaban J connectivity index is 1.75. The Bertz CT molecular complexity index is 851. The second-order valence-electron chi connectivity index (χ2n) is 5.51. The lowest BCUT2D eigenvalue weighted by Crippen LogP contribution is -2.10. The molecule has 25 heavy (non-hydrogen) atoms. The fourth-order valence-electron chi connectivity index (χ4n) is 2.36. The number of benzene rings is 1. The molecule has 0 saturated heterocycles. The summed E-state index contributed by atoms with van der Waals surface area (Å²) < 4.78 is 0. The summed E-state index contributed by atoms with van der Waals surface area (Å²) in [5, 5.41) is 6.05. The van der Waals surface area contributed by atoms with Crippen molar-refractivity contribution in [2.24, 2.45) is 0 Å². The number of carbonyl (C=O) groups excluding carboxylic acids is 1. The Morgan fingerprint density at radius 1 is 1.04 bits per heavy atom. The molecule has 0 radical (unpaired) electrons. The van der Waals surface area contributed by atoms with Gasteiger partial charge in [-0.3, -0.25) is 9.78 Å². The second kappa shape index (κ2) is 8.01. The lowest BCUT2D eigenvalue weighted by Gasteiger charge is -2.09. The number of pyridine rings is 1. The first-order chi connectivity index (χ1) is 12.2. The molecule has 2 N–H and O–H groups in total. The van der Waals surface area contributed by atoms with Crippen molar-refractivity contribution in [2.75, 3.05) is 10.6 Å². The summed E-state index contributed by atoms with van der Waals surface area (Å²) in [4.78, 5) is 24.5. The van der Waals surface area contributed by atoms with E-state index in [2.05, 4.69) is 25.6 Å². The highest BCUT2D eigenvalue weighted by atomic mass is 16.1. The van der Waals surface area contributed by atoms with Gasteiger partial charge in [0.1, 0.15) is 0 Å². The molecule has 6 nitrogen and oxygen atoms in total. The van der Waals surface area contributed by atoms with E-state index >= 15 is 0 Å². The van der Waals surface area contributed by atoms with E-state index in [1.54, 1.807) is 18.6 Å². The Hall–Kier alpha value is -3.28. The first kappa shape index (κ1) is 16.6. The highest BCUT2D eigenvalue weighted by Crippen LogP contribution is 2.21. The van der Waals surface area contributed by atoms with E-state index in [0.29, 0.717) is 12.4 Å². The van der Waals surface area contributed by atoms with Crippen LogP contribution >= 0.6 is 0 Å². The predicted octanol–water partition coefficient (Wildman–Crippen LogP) is 4.02. The normalized spacial score (nSPS) is 10.3. The number of aromatic nitrogens is 3. The third-order valence-electron chi connectivity index (χ3n) is 3.51. The molecule has 0 saturated carbocycles. The standard InChI is InChI=1S/C19H19N5O/c1-2-4-18(25)22-15-5-3-6-16(13-15)23-19-21-12-9-17(24-19)14-7-10-20-11-8-14/h3,5-13H,2,4H2,1H3,(H,22,25)(H,21,23,24). The zero-order chi connectivity index (χ0) is 17.5. The molecule has 126 valence electrons. The maximum atomic E-state index is 11.7. The van der Waals surface area contributed by atoms with Crippen LogP contribution in [0.15, 0.2) is 61.1 Å². The van der Waals surface area contributed by atoms with Crippen LogP contribution in [0.1, 0.15) is 19.8 Å². The summed E-state index contributed by atoms with van der Waals surface area (Å²) in [6.45, 7) is 1.98. The average molecular weight is 333 g/mol. The van der Waals surface area contributed by atoms with Gasteiger partial charge in [0.2, 0.25) is 11.9 Å². The number of hydrogen-bond acceptors (Lipinski definition) is 5. The van der Waals surface area contributed by atoms with Gasteiger partial charge in [-0.05, 0) is 42.8 Å². The summed E-state index contributed by atoms with van der Waals surface area (Å²) >= 11 is 0. The zero-order valence-electron chi connectivity index (χ0n) is 13.9. The third kappa shape index (κ3) is 4.60. The van der Waals surface area contributed by atoms with Crippen LogP contribution in [-0.2, 0) is 4.79 Å². The molecule has 6 heteroatoms. The Morgan fingerprint density at radius 2 is 1.84 bits per heavy atom. The Labute approximate surface area is 146 Å². The van der Waals surface area contributed by atoms with Crippen molar-refractivity contribution in [1.29, 1.82) is 0 Å². The fraction of sp³-hybridized carbons (Fsp3) is 0.158. The minimum atomic E-state index is 0.00980. The SMILES string of the molecule is CCCC(=O)Nc1cccc(Nc2nccc(-c3ccncc3)n2)c1. The van der Waals surface area contributed by atoms with Crippen molar-refractivity contribution in [1.82, 2.24) is 15.0 Å². The molecule has 0 aliphatic rings. The number of hydrogen-bond donors (Lipinski definition) is 2. The first-order valence-electron chi connectivity index (χ1n) is 8.15. The Morgan fingerprint density at radius 3 is 2.64 bits per heavy atom. The number of carbonyl (C=O) groups is 1. The molecule has 0 aliphatic carbocycles. The van der Waals surface area contributed by atoms with Crippen LogP contribution in [0.4, 0.5) is 17.3 Å². The van der Waals surface area contributed by atoms with Gasteiger partial charge in [-0.2, -0.15) is 0 Å². The molecule has 0 aliphatic heterocycles. The van der Waals surface area contributed by atoms with Gasteiger partial charge in [-0.15, -0.1) is 0 Å². The number of rotatable bonds is 6. The van der Waals surface area contributed by atoms with Gasteiger partial charge in [0.05, 0.1) is 5.69 Å². The van der Waals surface area contributed by atoms with Crippen molar-refractivity contribution in [3.05, 3.63) is 61.1 Å². The van der Waals surface area contributed by atoms with Crippen LogP contribution in [0.2, 0.25) is 0 Å². The predicted molar refractivity (Wildman–Crippen MR) is 98.5 cm³/mol. The van der Waals surface area contributed by atoms with Crippen LogP contribution in [-0.4, -0.2) is 20.9 Å². The quantitative estimate of drug-likeness (QED) is 0.712. The molecule has 0 spiro atoms. The van der Waals surface area contributed by atoms with Crippen LogP contribution in [0, 0.1) is 0 Å². The second-order valence-corrected chi connectivity index (χ2v) is 5.51. The molecule has 3 aromatic rings. The molecule has 2 aromatic heterocycles.